The average molecular weight is 172 g/mol. The number of hydrogen-bond acceptors (Lipinski definition) is 2. The van der Waals surface area contributed by atoms with Gasteiger partial charge in [0.25, 0.3) is 0 Å². The van der Waals surface area contributed by atoms with Gasteiger partial charge in [0.15, 0.2) is 0 Å². The zero-order valence-corrected chi connectivity index (χ0v) is 7.75. The Balaban J connectivity index is 2.50. The van der Waals surface area contributed by atoms with Crippen LogP contribution >= 0.6 is 0 Å². The fraction of sp³-hybridized carbons (Fsp3) is 0.364. The number of nitriles is 1. The summed E-state index contributed by atoms with van der Waals surface area (Å²) in [6.45, 7) is 4.24. The highest BCUT2D eigenvalue weighted by atomic mass is 15.1. The summed E-state index contributed by atoms with van der Waals surface area (Å²) in [6.07, 6.45) is 1.02. The van der Waals surface area contributed by atoms with Crippen molar-refractivity contribution in [1.82, 2.24) is 0 Å². The Kier molecular flexibility index (Phi) is 1.94. The summed E-state index contributed by atoms with van der Waals surface area (Å²) in [5.41, 5.74) is 3.32. The molecule has 1 aromatic rings. The first-order chi connectivity index (χ1) is 6.36. The topological polar surface area (TPSA) is 27.0 Å². The van der Waals surface area contributed by atoms with Crippen LogP contribution in [0.3, 0.4) is 0 Å². The molecule has 66 valence electrons. The minimum absolute atomic E-state index is 0.841. The second-order valence-corrected chi connectivity index (χ2v) is 3.24. The molecular formula is C11H12N2. The van der Waals surface area contributed by atoms with Crippen molar-refractivity contribution in [2.24, 2.45) is 0 Å². The molecule has 0 unspecified atom stereocenters. The van der Waals surface area contributed by atoms with Crippen LogP contribution in [-0.4, -0.2) is 13.1 Å². The van der Waals surface area contributed by atoms with Crippen molar-refractivity contribution in [1.29, 1.82) is 5.26 Å². The van der Waals surface area contributed by atoms with E-state index in [1.807, 2.05) is 12.1 Å². The molecule has 0 spiro atoms. The van der Waals surface area contributed by atoms with Crippen LogP contribution in [-0.2, 0) is 6.42 Å². The zero-order valence-electron chi connectivity index (χ0n) is 7.75. The number of fused-ring (bicyclic) bond motifs is 1. The maximum absolute atomic E-state index is 8.89. The normalized spacial score (nSPS) is 14.0. The summed E-state index contributed by atoms with van der Waals surface area (Å²) in [6, 6.07) is 8.21. The molecule has 2 rings (SSSR count). The Hall–Kier alpha value is -1.49. The molecule has 1 aromatic carbocycles. The van der Waals surface area contributed by atoms with Crippen molar-refractivity contribution in [3.63, 3.8) is 0 Å². The standard InChI is InChI=1S/C11H12N2/c1-2-13-7-6-10-9(8-12)4-3-5-11(10)13/h3-5H,2,6-7H2,1H3. The van der Waals surface area contributed by atoms with Gasteiger partial charge in [-0.15, -0.1) is 0 Å². The van der Waals surface area contributed by atoms with Gasteiger partial charge in [-0.1, -0.05) is 6.07 Å². The predicted octanol–water partition coefficient (Wildman–Crippen LogP) is 1.94. The van der Waals surface area contributed by atoms with Gasteiger partial charge in [-0.25, -0.2) is 0 Å². The quantitative estimate of drug-likeness (QED) is 0.647. The highest BCUT2D eigenvalue weighted by molar-refractivity contribution is 5.63. The molecule has 0 atom stereocenters. The molecule has 0 radical (unpaired) electrons. The van der Waals surface area contributed by atoms with Crippen molar-refractivity contribution in [2.75, 3.05) is 18.0 Å². The molecule has 0 saturated carbocycles. The third-order valence-electron chi connectivity index (χ3n) is 2.63. The third-order valence-corrected chi connectivity index (χ3v) is 2.63. The Morgan fingerprint density at radius 3 is 3.08 bits per heavy atom. The molecule has 0 aromatic heterocycles. The van der Waals surface area contributed by atoms with E-state index < -0.39 is 0 Å². The summed E-state index contributed by atoms with van der Waals surface area (Å²) in [4.78, 5) is 2.32. The largest absolute Gasteiger partial charge is 0.371 e. The fourth-order valence-electron chi connectivity index (χ4n) is 1.93. The SMILES string of the molecule is CCN1CCc2c(C#N)cccc21. The average Bonchev–Trinajstić information content (AvgIpc) is 2.60. The highest BCUT2D eigenvalue weighted by Gasteiger charge is 2.19. The van der Waals surface area contributed by atoms with Crippen molar-refractivity contribution >= 4 is 5.69 Å². The van der Waals surface area contributed by atoms with Crippen molar-refractivity contribution in [2.45, 2.75) is 13.3 Å². The molecule has 1 aliphatic rings. The monoisotopic (exact) mass is 172 g/mol. The minimum atomic E-state index is 0.841. The molecule has 0 N–H and O–H groups in total. The first-order valence-corrected chi connectivity index (χ1v) is 4.63. The molecular weight excluding hydrogens is 160 g/mol. The van der Waals surface area contributed by atoms with Gasteiger partial charge in [-0.05, 0) is 31.0 Å². The second-order valence-electron chi connectivity index (χ2n) is 3.24. The van der Waals surface area contributed by atoms with E-state index in [1.165, 1.54) is 11.3 Å². The van der Waals surface area contributed by atoms with Crippen molar-refractivity contribution in [3.8, 4) is 6.07 Å². The first kappa shape index (κ1) is 8.12. The lowest BCUT2D eigenvalue weighted by Crippen LogP contribution is -2.18. The third kappa shape index (κ3) is 1.17. The van der Waals surface area contributed by atoms with Crippen LogP contribution in [0.4, 0.5) is 5.69 Å². The molecule has 2 heteroatoms. The molecule has 0 saturated heterocycles. The molecule has 13 heavy (non-hydrogen) atoms. The van der Waals surface area contributed by atoms with Gasteiger partial charge in [0.2, 0.25) is 0 Å². The number of anilines is 1. The number of hydrogen-bond donors (Lipinski definition) is 0. The van der Waals surface area contributed by atoms with E-state index in [0.717, 1.165) is 25.1 Å². The van der Waals surface area contributed by atoms with Gasteiger partial charge in [-0.3, -0.25) is 0 Å². The van der Waals surface area contributed by atoms with Crippen molar-refractivity contribution in [3.05, 3.63) is 29.3 Å². The van der Waals surface area contributed by atoms with E-state index in [-0.39, 0.29) is 0 Å². The molecule has 0 amide bonds. The van der Waals surface area contributed by atoms with Gasteiger partial charge >= 0.3 is 0 Å². The molecule has 1 heterocycles. The molecule has 0 bridgehead atoms. The van der Waals surface area contributed by atoms with Crippen LogP contribution in [0.1, 0.15) is 18.1 Å². The Bertz CT molecular complexity index is 363. The van der Waals surface area contributed by atoms with Gasteiger partial charge < -0.3 is 4.90 Å². The van der Waals surface area contributed by atoms with Crippen LogP contribution < -0.4 is 4.90 Å². The smallest absolute Gasteiger partial charge is 0.0995 e. The highest BCUT2D eigenvalue weighted by Crippen LogP contribution is 2.29. The van der Waals surface area contributed by atoms with Crippen LogP contribution in [0.5, 0.6) is 0 Å². The van der Waals surface area contributed by atoms with Gasteiger partial charge in [-0.2, -0.15) is 5.26 Å². The molecule has 0 fully saturated rings. The summed E-state index contributed by atoms with van der Waals surface area (Å²) >= 11 is 0. The molecule has 1 aliphatic heterocycles. The lowest BCUT2D eigenvalue weighted by Gasteiger charge is -2.16. The number of rotatable bonds is 1. The maximum atomic E-state index is 8.89. The van der Waals surface area contributed by atoms with Crippen molar-refractivity contribution < 1.29 is 0 Å². The van der Waals surface area contributed by atoms with Gasteiger partial charge in [0.05, 0.1) is 11.6 Å². The summed E-state index contributed by atoms with van der Waals surface area (Å²) in [5, 5.41) is 8.89. The first-order valence-electron chi connectivity index (χ1n) is 4.63. The number of likely N-dealkylation sites (N-methyl/N-ethyl adjacent to an activating group) is 1. The number of benzene rings is 1. The Morgan fingerprint density at radius 2 is 2.38 bits per heavy atom. The van der Waals surface area contributed by atoms with Crippen LogP contribution in [0.25, 0.3) is 0 Å². The predicted molar refractivity (Wildman–Crippen MR) is 52.7 cm³/mol. The van der Waals surface area contributed by atoms with Crippen LogP contribution in [0.15, 0.2) is 18.2 Å². The van der Waals surface area contributed by atoms with Gasteiger partial charge in [0, 0.05) is 18.8 Å². The second kappa shape index (κ2) is 3.10. The Labute approximate surface area is 78.4 Å². The van der Waals surface area contributed by atoms with E-state index in [4.69, 9.17) is 5.26 Å². The summed E-state index contributed by atoms with van der Waals surface area (Å²) < 4.78 is 0. The lowest BCUT2D eigenvalue weighted by molar-refractivity contribution is 0.868. The Morgan fingerprint density at radius 1 is 1.54 bits per heavy atom. The zero-order chi connectivity index (χ0) is 9.26. The van der Waals surface area contributed by atoms with Crippen LogP contribution in [0.2, 0.25) is 0 Å². The van der Waals surface area contributed by atoms with Gasteiger partial charge in [0.1, 0.15) is 0 Å². The summed E-state index contributed by atoms with van der Waals surface area (Å²) in [7, 11) is 0. The lowest BCUT2D eigenvalue weighted by atomic mass is 10.1. The minimum Gasteiger partial charge on any atom is -0.371 e. The fourth-order valence-corrected chi connectivity index (χ4v) is 1.93. The van der Waals surface area contributed by atoms with E-state index in [9.17, 15) is 0 Å². The number of nitrogens with zero attached hydrogens (tertiary/aromatic N) is 2. The van der Waals surface area contributed by atoms with E-state index in [2.05, 4.69) is 24.0 Å². The van der Waals surface area contributed by atoms with Crippen LogP contribution in [0, 0.1) is 11.3 Å². The molecule has 2 nitrogen and oxygen atoms in total. The molecule has 0 aliphatic carbocycles. The maximum Gasteiger partial charge on any atom is 0.0995 e. The van der Waals surface area contributed by atoms with E-state index in [0.29, 0.717) is 0 Å². The van der Waals surface area contributed by atoms with E-state index in [1.54, 1.807) is 0 Å². The summed E-state index contributed by atoms with van der Waals surface area (Å²) in [5.74, 6) is 0. The van der Waals surface area contributed by atoms with E-state index >= 15 is 0 Å².